The summed E-state index contributed by atoms with van der Waals surface area (Å²) in [5.41, 5.74) is 0.157. The van der Waals surface area contributed by atoms with Gasteiger partial charge in [-0.1, -0.05) is 17.7 Å². The van der Waals surface area contributed by atoms with Crippen LogP contribution in [0.25, 0.3) is 0 Å². The maximum Gasteiger partial charge on any atom is 0.390 e. The number of aliphatic hydroxyl groups is 1. The van der Waals surface area contributed by atoms with Gasteiger partial charge < -0.3 is 20.6 Å². The molecule has 2 aromatic carbocycles. The van der Waals surface area contributed by atoms with Crippen LogP contribution in [0.2, 0.25) is 5.02 Å². The van der Waals surface area contributed by atoms with Crippen molar-refractivity contribution in [2.75, 3.05) is 42.9 Å². The monoisotopic (exact) mass is 602 g/mol. The van der Waals surface area contributed by atoms with Crippen LogP contribution in [0.1, 0.15) is 48.0 Å². The Morgan fingerprint density at radius 1 is 0.976 bits per heavy atom. The van der Waals surface area contributed by atoms with Gasteiger partial charge in [0.1, 0.15) is 0 Å². The molecule has 2 aromatic rings. The minimum atomic E-state index is -4.23. The first kappa shape index (κ1) is 31.0. The second-order valence-corrected chi connectivity index (χ2v) is 10.9. The number of hydrogen-bond donors (Lipinski definition) is 3. The van der Waals surface area contributed by atoms with Gasteiger partial charge >= 0.3 is 6.18 Å². The Morgan fingerprint density at radius 3 is 2.32 bits per heavy atom. The Balaban J connectivity index is 1.39. The summed E-state index contributed by atoms with van der Waals surface area (Å²) in [6.45, 7) is 1.15. The van der Waals surface area contributed by atoms with Crippen molar-refractivity contribution in [1.29, 1.82) is 0 Å². The first-order valence-electron chi connectivity index (χ1n) is 13.5. The molecule has 41 heavy (non-hydrogen) atoms. The summed E-state index contributed by atoms with van der Waals surface area (Å²) in [6.07, 6.45) is -3.49. The molecule has 4 rings (SSSR count). The number of benzene rings is 2. The Labute approximate surface area is 239 Å². The van der Waals surface area contributed by atoms with Crippen LogP contribution in [0.15, 0.2) is 30.3 Å². The molecule has 7 nitrogen and oxygen atoms in total. The van der Waals surface area contributed by atoms with Crippen molar-refractivity contribution >= 4 is 34.8 Å². The van der Waals surface area contributed by atoms with Crippen LogP contribution in [0, 0.1) is 17.6 Å². The fourth-order valence-electron chi connectivity index (χ4n) is 5.13. The number of rotatable bonds is 8. The summed E-state index contributed by atoms with van der Waals surface area (Å²) in [6, 6.07) is 7.02. The van der Waals surface area contributed by atoms with E-state index >= 15 is 0 Å². The number of carbonyl (C=O) groups is 2. The zero-order chi connectivity index (χ0) is 29.7. The molecule has 2 amide bonds. The van der Waals surface area contributed by atoms with Gasteiger partial charge in [-0.05, 0) is 49.9 Å². The molecular weight excluding hydrogens is 571 g/mol. The van der Waals surface area contributed by atoms with E-state index in [9.17, 15) is 36.6 Å². The van der Waals surface area contributed by atoms with Crippen LogP contribution in [0.3, 0.4) is 0 Å². The molecule has 2 aliphatic rings. The van der Waals surface area contributed by atoms with Crippen LogP contribution in [-0.4, -0.2) is 66.8 Å². The average Bonchev–Trinajstić information content (AvgIpc) is 2.93. The predicted molar refractivity (Wildman–Crippen MR) is 145 cm³/mol. The van der Waals surface area contributed by atoms with E-state index in [0.717, 1.165) is 6.07 Å². The Hall–Kier alpha value is -2.96. The summed E-state index contributed by atoms with van der Waals surface area (Å²) in [5.74, 6) is -4.10. The molecule has 13 heteroatoms. The zero-order valence-corrected chi connectivity index (χ0v) is 23.0. The van der Waals surface area contributed by atoms with Crippen molar-refractivity contribution in [1.82, 2.24) is 10.2 Å². The maximum atomic E-state index is 15.0. The molecule has 224 valence electrons. The lowest BCUT2D eigenvalue weighted by Crippen LogP contribution is -2.47. The van der Waals surface area contributed by atoms with Gasteiger partial charge in [0.2, 0.25) is 5.91 Å². The lowest BCUT2D eigenvalue weighted by atomic mass is 9.87. The highest BCUT2D eigenvalue weighted by molar-refractivity contribution is 6.31. The van der Waals surface area contributed by atoms with E-state index in [1.807, 2.05) is 4.90 Å². The largest absolute Gasteiger partial charge is 0.393 e. The summed E-state index contributed by atoms with van der Waals surface area (Å²) in [4.78, 5) is 28.9. The van der Waals surface area contributed by atoms with Crippen molar-refractivity contribution in [3.8, 4) is 0 Å². The van der Waals surface area contributed by atoms with E-state index in [4.69, 9.17) is 11.6 Å². The molecule has 0 radical (unpaired) electrons. The fraction of sp³-hybridized carbons (Fsp3) is 0.500. The van der Waals surface area contributed by atoms with Crippen LogP contribution < -0.4 is 15.5 Å². The Morgan fingerprint density at radius 2 is 1.66 bits per heavy atom. The third kappa shape index (κ3) is 8.30. The molecule has 3 N–H and O–H groups in total. The summed E-state index contributed by atoms with van der Waals surface area (Å²) in [7, 11) is 0. The smallest absolute Gasteiger partial charge is 0.390 e. The Kier molecular flexibility index (Phi) is 10.1. The van der Waals surface area contributed by atoms with Gasteiger partial charge in [-0.2, -0.15) is 13.2 Å². The standard InChI is InChI=1S/C28H32ClF5N4O3/c29-19-4-8-22(23(15-19)38-13-11-37(12-14-38)10-9-28(32,33)34)36-27(41)21-7-3-18(24(30)25(21)31)16-35-26(40)17-1-5-20(39)6-2-17/h3-4,7-8,15,17,20,39H,1-2,5-6,9-14,16H2,(H,35,40)(H,36,41)/t17-,20+. The molecule has 1 aliphatic heterocycles. The first-order valence-corrected chi connectivity index (χ1v) is 13.9. The van der Waals surface area contributed by atoms with E-state index in [1.165, 1.54) is 18.2 Å². The molecule has 1 saturated heterocycles. The van der Waals surface area contributed by atoms with Gasteiger partial charge in [-0.3, -0.25) is 14.5 Å². The zero-order valence-electron chi connectivity index (χ0n) is 22.2. The summed E-state index contributed by atoms with van der Waals surface area (Å²) < 4.78 is 67.5. The third-order valence-corrected chi connectivity index (χ3v) is 7.80. The number of aliphatic hydroxyl groups excluding tert-OH is 1. The molecular formula is C28H32ClF5N4O3. The molecule has 0 bridgehead atoms. The van der Waals surface area contributed by atoms with E-state index < -0.39 is 41.8 Å². The number of amides is 2. The van der Waals surface area contributed by atoms with Crippen molar-refractivity contribution in [2.24, 2.45) is 5.92 Å². The molecule has 2 fully saturated rings. The van der Waals surface area contributed by atoms with E-state index in [2.05, 4.69) is 10.6 Å². The summed E-state index contributed by atoms with van der Waals surface area (Å²) in [5, 5.41) is 15.2. The minimum absolute atomic E-state index is 0.105. The van der Waals surface area contributed by atoms with Gasteiger partial charge in [-0.25, -0.2) is 8.78 Å². The number of alkyl halides is 3. The first-order chi connectivity index (χ1) is 19.4. The van der Waals surface area contributed by atoms with Gasteiger partial charge in [0.15, 0.2) is 11.6 Å². The predicted octanol–water partition coefficient (Wildman–Crippen LogP) is 5.11. The highest BCUT2D eigenvalue weighted by Gasteiger charge is 2.30. The van der Waals surface area contributed by atoms with Gasteiger partial charge in [-0.15, -0.1) is 0 Å². The molecule has 1 aliphatic carbocycles. The molecule has 0 spiro atoms. The van der Waals surface area contributed by atoms with Gasteiger partial charge in [0.25, 0.3) is 5.91 Å². The van der Waals surface area contributed by atoms with Gasteiger partial charge in [0, 0.05) is 55.8 Å². The third-order valence-electron chi connectivity index (χ3n) is 7.56. The topological polar surface area (TPSA) is 84.9 Å². The van der Waals surface area contributed by atoms with Crippen LogP contribution in [0.4, 0.5) is 33.3 Å². The molecule has 1 heterocycles. The van der Waals surface area contributed by atoms with Crippen LogP contribution in [-0.2, 0) is 11.3 Å². The van der Waals surface area contributed by atoms with Crippen molar-refractivity contribution in [2.45, 2.75) is 50.9 Å². The number of piperazine rings is 1. The molecule has 0 atom stereocenters. The van der Waals surface area contributed by atoms with Crippen molar-refractivity contribution in [3.05, 3.63) is 58.1 Å². The lowest BCUT2D eigenvalue weighted by molar-refractivity contribution is -0.138. The van der Waals surface area contributed by atoms with Gasteiger partial charge in [0.05, 0.1) is 29.5 Å². The Bertz CT molecular complexity index is 1250. The fourth-order valence-corrected chi connectivity index (χ4v) is 5.29. The molecule has 0 aromatic heterocycles. The SMILES string of the molecule is O=C(Nc1ccc(Cl)cc1N1CCN(CCC(F)(F)F)CC1)c1ccc(CNC(=O)[C@H]2CC[C@@H](O)CC2)c(F)c1F. The van der Waals surface area contributed by atoms with Crippen LogP contribution in [0.5, 0.6) is 0 Å². The van der Waals surface area contributed by atoms with E-state index in [-0.39, 0.29) is 36.2 Å². The number of anilines is 2. The number of halogens is 6. The number of carbonyl (C=O) groups excluding carboxylic acids is 2. The highest BCUT2D eigenvalue weighted by atomic mass is 35.5. The quantitative estimate of drug-likeness (QED) is 0.366. The lowest BCUT2D eigenvalue weighted by Gasteiger charge is -2.37. The van der Waals surface area contributed by atoms with Crippen molar-refractivity contribution < 1.29 is 36.6 Å². The van der Waals surface area contributed by atoms with E-state index in [0.29, 0.717) is 62.6 Å². The molecule has 0 unspecified atom stereocenters. The van der Waals surface area contributed by atoms with Crippen molar-refractivity contribution in [3.63, 3.8) is 0 Å². The number of hydrogen-bond acceptors (Lipinski definition) is 5. The number of nitrogens with one attached hydrogen (secondary N) is 2. The normalized spacial score (nSPS) is 20.1. The van der Waals surface area contributed by atoms with Crippen LogP contribution >= 0.6 is 11.6 Å². The molecule has 1 saturated carbocycles. The highest BCUT2D eigenvalue weighted by Crippen LogP contribution is 2.32. The second-order valence-electron chi connectivity index (χ2n) is 10.4. The second kappa shape index (κ2) is 13.3. The maximum absolute atomic E-state index is 15.0. The minimum Gasteiger partial charge on any atom is -0.393 e. The average molecular weight is 603 g/mol. The van der Waals surface area contributed by atoms with E-state index in [1.54, 1.807) is 11.0 Å². The summed E-state index contributed by atoms with van der Waals surface area (Å²) >= 11 is 6.16. The number of nitrogens with zero attached hydrogens (tertiary/aromatic N) is 2.